The lowest BCUT2D eigenvalue weighted by Crippen LogP contribution is -2.03. The Bertz CT molecular complexity index is 1440. The smallest absolute Gasteiger partial charge is 0.147 e. The molecule has 5 aromatic rings. The van der Waals surface area contributed by atoms with Crippen molar-refractivity contribution in [3.63, 3.8) is 0 Å². The van der Waals surface area contributed by atoms with Crippen molar-refractivity contribution in [1.29, 1.82) is 0 Å². The molecule has 0 atom stereocenters. The van der Waals surface area contributed by atoms with E-state index in [1.165, 1.54) is 5.56 Å². The Morgan fingerprint density at radius 2 is 1.36 bits per heavy atom. The van der Waals surface area contributed by atoms with Crippen LogP contribution in [-0.4, -0.2) is 9.55 Å². The summed E-state index contributed by atoms with van der Waals surface area (Å²) in [6.07, 6.45) is 0. The maximum atomic E-state index is 6.70. The third kappa shape index (κ3) is 4.08. The lowest BCUT2D eigenvalue weighted by Gasteiger charge is -2.17. The van der Waals surface area contributed by atoms with Crippen LogP contribution in [0.2, 0.25) is 10.0 Å². The van der Waals surface area contributed by atoms with Crippen LogP contribution in [0, 0.1) is 13.8 Å². The number of halogens is 2. The third-order valence-electron chi connectivity index (χ3n) is 5.74. The number of hydrogen-bond acceptors (Lipinski definition) is 1. The van der Waals surface area contributed by atoms with Crippen LogP contribution in [0.5, 0.6) is 0 Å². The predicted molar refractivity (Wildman–Crippen MR) is 139 cm³/mol. The van der Waals surface area contributed by atoms with Crippen LogP contribution in [0.1, 0.15) is 11.1 Å². The van der Waals surface area contributed by atoms with Gasteiger partial charge in [0.1, 0.15) is 5.82 Å². The second-order valence-corrected chi connectivity index (χ2v) is 8.96. The van der Waals surface area contributed by atoms with Crippen LogP contribution in [0.4, 0.5) is 0 Å². The number of hydrogen-bond donors (Lipinski definition) is 0. The monoisotopic (exact) mass is 468 g/mol. The molecule has 2 nitrogen and oxygen atoms in total. The maximum absolute atomic E-state index is 6.70. The summed E-state index contributed by atoms with van der Waals surface area (Å²) in [5, 5.41) is 1.16. The first kappa shape index (κ1) is 21.5. The molecule has 1 aromatic heterocycles. The molecule has 1 heterocycles. The van der Waals surface area contributed by atoms with Crippen LogP contribution in [-0.2, 0) is 0 Å². The van der Waals surface area contributed by atoms with Crippen LogP contribution < -0.4 is 0 Å². The van der Waals surface area contributed by atoms with E-state index in [0.717, 1.165) is 45.2 Å². The third-order valence-corrected chi connectivity index (χ3v) is 6.28. The summed E-state index contributed by atoms with van der Waals surface area (Å²) in [5.41, 5.74) is 8.34. The molecule has 4 heteroatoms. The van der Waals surface area contributed by atoms with E-state index in [9.17, 15) is 0 Å². The van der Waals surface area contributed by atoms with Crippen molar-refractivity contribution < 1.29 is 0 Å². The fraction of sp³-hybridized carbons (Fsp3) is 0.0690. The van der Waals surface area contributed by atoms with Gasteiger partial charge in [-0.15, -0.1) is 0 Å². The van der Waals surface area contributed by atoms with E-state index >= 15 is 0 Å². The lowest BCUT2D eigenvalue weighted by molar-refractivity contribution is 1.05. The minimum atomic E-state index is 0.567. The Labute approximate surface area is 204 Å². The van der Waals surface area contributed by atoms with Gasteiger partial charge < -0.3 is 0 Å². The highest BCUT2D eigenvalue weighted by Crippen LogP contribution is 2.41. The van der Waals surface area contributed by atoms with E-state index in [0.29, 0.717) is 10.0 Å². The van der Waals surface area contributed by atoms with Crippen molar-refractivity contribution in [2.75, 3.05) is 0 Å². The molecule has 0 aliphatic carbocycles. The Balaban J connectivity index is 1.93. The van der Waals surface area contributed by atoms with Crippen LogP contribution in [0.3, 0.4) is 0 Å². The Hall–Kier alpha value is -3.33. The maximum Gasteiger partial charge on any atom is 0.147 e. The van der Waals surface area contributed by atoms with E-state index in [4.69, 9.17) is 28.2 Å². The van der Waals surface area contributed by atoms with E-state index in [1.807, 2.05) is 36.4 Å². The summed E-state index contributed by atoms with van der Waals surface area (Å²) < 4.78 is 2.22. The van der Waals surface area contributed by atoms with Gasteiger partial charge in [-0.2, -0.15) is 0 Å². The summed E-state index contributed by atoms with van der Waals surface area (Å²) in [4.78, 5) is 5.19. The molecule has 0 bridgehead atoms. The van der Waals surface area contributed by atoms with E-state index in [1.54, 1.807) is 6.07 Å². The molecule has 0 saturated carbocycles. The molecule has 0 N–H and O–H groups in total. The van der Waals surface area contributed by atoms with Crippen LogP contribution >= 0.6 is 23.2 Å². The summed E-state index contributed by atoms with van der Waals surface area (Å²) in [6, 6.07) is 32.7. The summed E-state index contributed by atoms with van der Waals surface area (Å²) in [6.45, 7) is 4.24. The Morgan fingerprint density at radius 1 is 0.697 bits per heavy atom. The minimum Gasteiger partial charge on any atom is -0.291 e. The highest BCUT2D eigenvalue weighted by atomic mass is 35.5. The number of aromatic nitrogens is 2. The molecule has 0 amide bonds. The van der Waals surface area contributed by atoms with Gasteiger partial charge >= 0.3 is 0 Å². The zero-order valence-corrected chi connectivity index (χ0v) is 19.9. The van der Waals surface area contributed by atoms with Gasteiger partial charge in [-0.3, -0.25) is 4.57 Å². The standard InChI is InChI=1S/C29H22Cl2N2/c1-19-13-16-26(20(2)17-19)33-28(22-11-7-4-8-12-22)27(21-9-5-3-6-10-21)32-29(33)24-15-14-23(30)18-25(24)31/h3-18H,1-2H3. The molecule has 0 aliphatic rings. The lowest BCUT2D eigenvalue weighted by atomic mass is 10.0. The zero-order valence-electron chi connectivity index (χ0n) is 18.4. The minimum absolute atomic E-state index is 0.567. The van der Waals surface area contributed by atoms with Crippen molar-refractivity contribution in [2.24, 2.45) is 0 Å². The second-order valence-electron chi connectivity index (χ2n) is 8.11. The van der Waals surface area contributed by atoms with Crippen LogP contribution in [0.25, 0.3) is 39.6 Å². The fourth-order valence-electron chi connectivity index (χ4n) is 4.22. The Morgan fingerprint density at radius 3 is 2.00 bits per heavy atom. The van der Waals surface area contributed by atoms with Gasteiger partial charge in [-0.25, -0.2) is 4.98 Å². The second kappa shape index (κ2) is 8.90. The zero-order chi connectivity index (χ0) is 22.9. The van der Waals surface area contributed by atoms with E-state index < -0.39 is 0 Å². The number of imidazole rings is 1. The molecule has 0 spiro atoms. The van der Waals surface area contributed by atoms with Crippen molar-refractivity contribution in [3.05, 3.63) is 118 Å². The van der Waals surface area contributed by atoms with Crippen LogP contribution in [0.15, 0.2) is 97.1 Å². The van der Waals surface area contributed by atoms with Crippen molar-refractivity contribution in [3.8, 4) is 39.6 Å². The van der Waals surface area contributed by atoms with Gasteiger partial charge in [0.05, 0.1) is 22.1 Å². The quantitative estimate of drug-likeness (QED) is 0.257. The molecule has 4 aromatic carbocycles. The van der Waals surface area contributed by atoms with Gasteiger partial charge in [-0.1, -0.05) is 102 Å². The van der Waals surface area contributed by atoms with Crippen molar-refractivity contribution in [1.82, 2.24) is 9.55 Å². The van der Waals surface area contributed by atoms with Gasteiger partial charge in [-0.05, 0) is 43.7 Å². The fourth-order valence-corrected chi connectivity index (χ4v) is 4.72. The molecule has 0 fully saturated rings. The summed E-state index contributed by atoms with van der Waals surface area (Å²) in [7, 11) is 0. The molecule has 0 unspecified atom stereocenters. The van der Waals surface area contributed by atoms with Gasteiger partial charge in [0, 0.05) is 21.7 Å². The summed E-state index contributed by atoms with van der Waals surface area (Å²) in [5.74, 6) is 0.779. The molecular weight excluding hydrogens is 447 g/mol. The van der Waals surface area contributed by atoms with Gasteiger partial charge in [0.25, 0.3) is 0 Å². The van der Waals surface area contributed by atoms with Crippen molar-refractivity contribution in [2.45, 2.75) is 13.8 Å². The predicted octanol–water partition coefficient (Wildman–Crippen LogP) is 8.80. The average Bonchev–Trinajstić information content (AvgIpc) is 3.20. The van der Waals surface area contributed by atoms with E-state index in [-0.39, 0.29) is 0 Å². The highest BCUT2D eigenvalue weighted by Gasteiger charge is 2.24. The number of aryl methyl sites for hydroxylation is 2. The Kier molecular flexibility index (Phi) is 5.80. The largest absolute Gasteiger partial charge is 0.291 e. The number of benzene rings is 4. The topological polar surface area (TPSA) is 17.8 Å². The molecule has 33 heavy (non-hydrogen) atoms. The van der Waals surface area contributed by atoms with E-state index in [2.05, 4.69) is 73.0 Å². The number of rotatable bonds is 4. The molecule has 5 rings (SSSR count). The summed E-state index contributed by atoms with van der Waals surface area (Å²) >= 11 is 12.9. The normalized spacial score (nSPS) is 11.0. The molecule has 0 saturated heterocycles. The first-order valence-corrected chi connectivity index (χ1v) is 11.5. The molecular formula is C29H22Cl2N2. The SMILES string of the molecule is Cc1ccc(-n2c(-c3ccc(Cl)cc3Cl)nc(-c3ccccc3)c2-c2ccccc2)c(C)c1. The van der Waals surface area contributed by atoms with Gasteiger partial charge in [0.2, 0.25) is 0 Å². The highest BCUT2D eigenvalue weighted by molar-refractivity contribution is 6.36. The molecule has 0 radical (unpaired) electrons. The van der Waals surface area contributed by atoms with Gasteiger partial charge in [0.15, 0.2) is 0 Å². The average molecular weight is 469 g/mol. The molecule has 162 valence electrons. The first-order chi connectivity index (χ1) is 16.0. The van der Waals surface area contributed by atoms with Crippen molar-refractivity contribution >= 4 is 23.2 Å². The first-order valence-electron chi connectivity index (χ1n) is 10.8. The number of nitrogens with zero attached hydrogens (tertiary/aromatic N) is 2. The molecule has 0 aliphatic heterocycles.